The fourth-order valence-electron chi connectivity index (χ4n) is 2.73. The van der Waals surface area contributed by atoms with E-state index < -0.39 is 0 Å². The molecule has 1 heterocycles. The summed E-state index contributed by atoms with van der Waals surface area (Å²) in [5.41, 5.74) is 0.521. The number of amides is 1. The molecule has 3 rings (SSSR count). The van der Waals surface area contributed by atoms with Gasteiger partial charge in [0.1, 0.15) is 6.54 Å². The van der Waals surface area contributed by atoms with Crippen molar-refractivity contribution in [2.24, 2.45) is 0 Å². The molecule has 0 bridgehead atoms. The van der Waals surface area contributed by atoms with Crippen LogP contribution in [0.1, 0.15) is 37.8 Å². The third-order valence-corrected chi connectivity index (χ3v) is 4.52. The summed E-state index contributed by atoms with van der Waals surface area (Å²) in [6, 6.07) is 4.81. The second-order valence-electron chi connectivity index (χ2n) is 6.17. The molecule has 24 heavy (non-hydrogen) atoms. The van der Waals surface area contributed by atoms with Gasteiger partial charge in [0.05, 0.1) is 23.7 Å². The van der Waals surface area contributed by atoms with Gasteiger partial charge in [-0.05, 0) is 37.5 Å². The van der Waals surface area contributed by atoms with Gasteiger partial charge in [0.2, 0.25) is 5.91 Å². The van der Waals surface area contributed by atoms with E-state index in [1.54, 1.807) is 18.2 Å². The summed E-state index contributed by atoms with van der Waals surface area (Å²) < 4.78 is 1.21. The van der Waals surface area contributed by atoms with Crippen molar-refractivity contribution in [1.82, 2.24) is 15.1 Å². The van der Waals surface area contributed by atoms with E-state index in [0.29, 0.717) is 22.7 Å². The van der Waals surface area contributed by atoms with Crippen LogP contribution in [0.15, 0.2) is 23.0 Å². The second kappa shape index (κ2) is 6.91. The normalized spacial score (nSPS) is 15.5. The van der Waals surface area contributed by atoms with Crippen LogP contribution in [-0.4, -0.2) is 33.4 Å². The van der Waals surface area contributed by atoms with Gasteiger partial charge in [-0.3, -0.25) is 9.59 Å². The largest absolute Gasteiger partial charge is 0.394 e. The standard InChI is InChI=1S/C17H20ClN3O3/c1-2-12(9-22)19-15(23)8-21-17(24)13-6-5-11(18)7-14(13)16(20-21)10-3-4-10/h5-7,10,12,22H,2-4,8-9H2,1H3,(H,19,23)/t12-/m0/s1. The summed E-state index contributed by atoms with van der Waals surface area (Å²) in [4.78, 5) is 24.8. The number of carbonyl (C=O) groups is 1. The quantitative estimate of drug-likeness (QED) is 0.833. The minimum Gasteiger partial charge on any atom is -0.394 e. The molecule has 1 aromatic heterocycles. The molecule has 1 saturated carbocycles. The fourth-order valence-corrected chi connectivity index (χ4v) is 2.91. The molecule has 0 spiro atoms. The van der Waals surface area contributed by atoms with E-state index in [9.17, 15) is 14.7 Å². The Kier molecular flexibility index (Phi) is 4.87. The lowest BCUT2D eigenvalue weighted by molar-refractivity contribution is -0.123. The number of rotatable bonds is 6. The molecule has 1 fully saturated rings. The molecule has 0 unspecified atom stereocenters. The number of benzene rings is 1. The van der Waals surface area contributed by atoms with Gasteiger partial charge in [0.25, 0.3) is 5.56 Å². The van der Waals surface area contributed by atoms with Gasteiger partial charge in [-0.2, -0.15) is 5.10 Å². The first kappa shape index (κ1) is 16.9. The lowest BCUT2D eigenvalue weighted by atomic mass is 10.1. The van der Waals surface area contributed by atoms with Crippen LogP contribution in [-0.2, 0) is 11.3 Å². The molecule has 1 aromatic carbocycles. The maximum Gasteiger partial charge on any atom is 0.275 e. The first-order valence-electron chi connectivity index (χ1n) is 8.14. The summed E-state index contributed by atoms with van der Waals surface area (Å²) in [6.07, 6.45) is 2.68. The lowest BCUT2D eigenvalue weighted by Gasteiger charge is -2.15. The highest BCUT2D eigenvalue weighted by Crippen LogP contribution is 2.41. The summed E-state index contributed by atoms with van der Waals surface area (Å²) in [7, 11) is 0. The Morgan fingerprint density at radius 2 is 2.21 bits per heavy atom. The van der Waals surface area contributed by atoms with E-state index in [4.69, 9.17) is 11.6 Å². The van der Waals surface area contributed by atoms with Gasteiger partial charge in [-0.1, -0.05) is 18.5 Å². The van der Waals surface area contributed by atoms with E-state index in [-0.39, 0.29) is 30.7 Å². The molecule has 1 aliphatic carbocycles. The average molecular weight is 350 g/mol. The minimum absolute atomic E-state index is 0.131. The Morgan fingerprint density at radius 3 is 2.83 bits per heavy atom. The Hall–Kier alpha value is -1.92. The van der Waals surface area contributed by atoms with Crippen molar-refractivity contribution in [2.75, 3.05) is 6.61 Å². The third-order valence-electron chi connectivity index (χ3n) is 4.29. The maximum absolute atomic E-state index is 12.6. The predicted molar refractivity (Wildman–Crippen MR) is 92.3 cm³/mol. The number of aliphatic hydroxyl groups is 1. The first-order chi connectivity index (χ1) is 11.5. The molecule has 128 valence electrons. The number of nitrogens with one attached hydrogen (secondary N) is 1. The zero-order valence-electron chi connectivity index (χ0n) is 13.5. The van der Waals surface area contributed by atoms with Crippen LogP contribution >= 0.6 is 11.6 Å². The van der Waals surface area contributed by atoms with Crippen LogP contribution < -0.4 is 10.9 Å². The van der Waals surface area contributed by atoms with Gasteiger partial charge < -0.3 is 10.4 Å². The monoisotopic (exact) mass is 349 g/mol. The van der Waals surface area contributed by atoms with Crippen molar-refractivity contribution in [3.05, 3.63) is 39.3 Å². The number of hydrogen-bond donors (Lipinski definition) is 2. The number of nitrogens with zero attached hydrogens (tertiary/aromatic N) is 2. The summed E-state index contributed by atoms with van der Waals surface area (Å²) in [6.45, 7) is 1.58. The summed E-state index contributed by atoms with van der Waals surface area (Å²) >= 11 is 6.06. The number of carbonyl (C=O) groups excluding carboxylic acids is 1. The van der Waals surface area contributed by atoms with Crippen LogP contribution in [0.25, 0.3) is 10.8 Å². The fraction of sp³-hybridized carbons (Fsp3) is 0.471. The van der Waals surface area contributed by atoms with Crippen molar-refractivity contribution >= 4 is 28.3 Å². The van der Waals surface area contributed by atoms with Gasteiger partial charge >= 0.3 is 0 Å². The number of aromatic nitrogens is 2. The SMILES string of the molecule is CC[C@@H](CO)NC(=O)Cn1nc(C2CC2)c2cc(Cl)ccc2c1=O. The summed E-state index contributed by atoms with van der Waals surface area (Å²) in [5.74, 6) is -0.0118. The molecular weight excluding hydrogens is 330 g/mol. The highest BCUT2D eigenvalue weighted by atomic mass is 35.5. The maximum atomic E-state index is 12.6. The lowest BCUT2D eigenvalue weighted by Crippen LogP contribution is -2.41. The topological polar surface area (TPSA) is 84.2 Å². The highest BCUT2D eigenvalue weighted by Gasteiger charge is 2.29. The Balaban J connectivity index is 1.96. The van der Waals surface area contributed by atoms with E-state index in [2.05, 4.69) is 10.4 Å². The third kappa shape index (κ3) is 3.44. The van der Waals surface area contributed by atoms with E-state index in [1.165, 1.54) is 4.68 Å². The summed E-state index contributed by atoms with van der Waals surface area (Å²) in [5, 5.41) is 18.2. The molecule has 6 nitrogen and oxygen atoms in total. The van der Waals surface area contributed by atoms with Gasteiger partial charge in [0.15, 0.2) is 0 Å². The average Bonchev–Trinajstić information content (AvgIpc) is 3.40. The molecule has 0 saturated heterocycles. The van der Waals surface area contributed by atoms with Crippen molar-refractivity contribution < 1.29 is 9.90 Å². The smallest absolute Gasteiger partial charge is 0.275 e. The van der Waals surface area contributed by atoms with Gasteiger partial charge in [0, 0.05) is 16.3 Å². The minimum atomic E-state index is -0.333. The van der Waals surface area contributed by atoms with Gasteiger partial charge in [-0.15, -0.1) is 0 Å². The number of aliphatic hydroxyl groups excluding tert-OH is 1. The first-order valence-corrected chi connectivity index (χ1v) is 8.51. The number of hydrogen-bond acceptors (Lipinski definition) is 4. The molecule has 0 aliphatic heterocycles. The molecule has 1 aliphatic rings. The van der Waals surface area contributed by atoms with Crippen LogP contribution in [0.4, 0.5) is 0 Å². The number of halogens is 1. The Labute approximate surface area is 144 Å². The van der Waals surface area contributed by atoms with Crippen LogP contribution in [0.3, 0.4) is 0 Å². The molecular formula is C17H20ClN3O3. The van der Waals surface area contributed by atoms with E-state index >= 15 is 0 Å². The molecule has 1 amide bonds. The van der Waals surface area contributed by atoms with E-state index in [1.807, 2.05) is 6.92 Å². The number of fused-ring (bicyclic) bond motifs is 1. The zero-order chi connectivity index (χ0) is 17.3. The van der Waals surface area contributed by atoms with Gasteiger partial charge in [-0.25, -0.2) is 4.68 Å². The molecule has 1 atom stereocenters. The zero-order valence-corrected chi connectivity index (χ0v) is 14.2. The molecule has 2 N–H and O–H groups in total. The second-order valence-corrected chi connectivity index (χ2v) is 6.60. The van der Waals surface area contributed by atoms with Crippen LogP contribution in [0.5, 0.6) is 0 Å². The molecule has 7 heteroatoms. The molecule has 0 radical (unpaired) electrons. The highest BCUT2D eigenvalue weighted by molar-refractivity contribution is 6.31. The van der Waals surface area contributed by atoms with Crippen molar-refractivity contribution in [3.8, 4) is 0 Å². The van der Waals surface area contributed by atoms with Crippen LogP contribution in [0.2, 0.25) is 5.02 Å². The van der Waals surface area contributed by atoms with Crippen molar-refractivity contribution in [3.63, 3.8) is 0 Å². The Bertz CT molecular complexity index is 826. The van der Waals surface area contributed by atoms with Crippen molar-refractivity contribution in [1.29, 1.82) is 0 Å². The van der Waals surface area contributed by atoms with E-state index in [0.717, 1.165) is 23.9 Å². The predicted octanol–water partition coefficient (Wildman–Crippen LogP) is 1.81. The molecule has 2 aromatic rings. The Morgan fingerprint density at radius 1 is 1.46 bits per heavy atom. The van der Waals surface area contributed by atoms with Crippen molar-refractivity contribution in [2.45, 2.75) is 44.7 Å². The van der Waals surface area contributed by atoms with Crippen LogP contribution in [0, 0.1) is 0 Å².